The summed E-state index contributed by atoms with van der Waals surface area (Å²) in [6.07, 6.45) is -8.66. The second-order valence-electron chi connectivity index (χ2n) is 2.20. The maximum absolute atomic E-state index is 12.0. The summed E-state index contributed by atoms with van der Waals surface area (Å²) in [5.74, 6) is -11.1. The summed E-state index contributed by atoms with van der Waals surface area (Å²) in [7, 11) is 0. The van der Waals surface area contributed by atoms with Gasteiger partial charge in [0.25, 0.3) is 6.43 Å². The van der Waals surface area contributed by atoms with Gasteiger partial charge in [-0.25, -0.2) is 17.6 Å². The Labute approximate surface area is 67.5 Å². The largest absolute Gasteiger partial charge is 0.348 e. The first kappa shape index (κ1) is 12.4. The standard InChI is InChI=1S/C5H4F8/c6-1-4(10,11)5(12,13)2(7)3(8)9/h2-3H,1H2. The van der Waals surface area contributed by atoms with Crippen LogP contribution < -0.4 is 0 Å². The summed E-state index contributed by atoms with van der Waals surface area (Å²) < 4.78 is 93.3. The van der Waals surface area contributed by atoms with E-state index >= 15 is 0 Å². The predicted molar refractivity (Wildman–Crippen MR) is 26.8 cm³/mol. The van der Waals surface area contributed by atoms with Crippen molar-refractivity contribution in [1.29, 1.82) is 0 Å². The van der Waals surface area contributed by atoms with Gasteiger partial charge >= 0.3 is 11.8 Å². The molecule has 0 radical (unpaired) electrons. The third-order valence-corrected chi connectivity index (χ3v) is 1.22. The van der Waals surface area contributed by atoms with Crippen molar-refractivity contribution in [3.05, 3.63) is 0 Å². The van der Waals surface area contributed by atoms with Crippen LogP contribution in [-0.4, -0.2) is 31.1 Å². The summed E-state index contributed by atoms with van der Waals surface area (Å²) in [5.41, 5.74) is 0. The van der Waals surface area contributed by atoms with E-state index in [9.17, 15) is 35.1 Å². The Morgan fingerprint density at radius 3 is 1.54 bits per heavy atom. The molecular weight excluding hydrogens is 212 g/mol. The fourth-order valence-electron chi connectivity index (χ4n) is 0.449. The highest BCUT2D eigenvalue weighted by Crippen LogP contribution is 2.40. The zero-order valence-electron chi connectivity index (χ0n) is 5.89. The fraction of sp³-hybridized carbons (Fsp3) is 1.00. The van der Waals surface area contributed by atoms with Gasteiger partial charge in [-0.3, -0.25) is 0 Å². The van der Waals surface area contributed by atoms with E-state index in [1.54, 1.807) is 0 Å². The monoisotopic (exact) mass is 216 g/mol. The molecular formula is C5H4F8. The van der Waals surface area contributed by atoms with Crippen LogP contribution in [0.2, 0.25) is 0 Å². The molecule has 0 saturated heterocycles. The van der Waals surface area contributed by atoms with E-state index in [1.165, 1.54) is 0 Å². The molecule has 0 spiro atoms. The molecule has 0 aromatic rings. The highest BCUT2D eigenvalue weighted by Gasteiger charge is 2.64. The average molecular weight is 216 g/mol. The lowest BCUT2D eigenvalue weighted by molar-refractivity contribution is -0.261. The van der Waals surface area contributed by atoms with Crippen LogP contribution in [0.4, 0.5) is 35.1 Å². The minimum absolute atomic E-state index is 2.90. The predicted octanol–water partition coefficient (Wildman–Crippen LogP) is 2.83. The third kappa shape index (κ3) is 2.22. The van der Waals surface area contributed by atoms with E-state index in [4.69, 9.17) is 0 Å². The lowest BCUT2D eigenvalue weighted by Gasteiger charge is -2.26. The third-order valence-electron chi connectivity index (χ3n) is 1.22. The quantitative estimate of drug-likeness (QED) is 0.634. The minimum atomic E-state index is -5.70. The van der Waals surface area contributed by atoms with Gasteiger partial charge in [0, 0.05) is 0 Å². The van der Waals surface area contributed by atoms with Crippen molar-refractivity contribution in [2.75, 3.05) is 6.67 Å². The molecule has 1 unspecified atom stereocenters. The van der Waals surface area contributed by atoms with Crippen LogP contribution in [0.25, 0.3) is 0 Å². The molecule has 80 valence electrons. The van der Waals surface area contributed by atoms with E-state index in [0.29, 0.717) is 0 Å². The minimum Gasteiger partial charge on any atom is -0.244 e. The van der Waals surface area contributed by atoms with Crippen molar-refractivity contribution in [1.82, 2.24) is 0 Å². The molecule has 0 aliphatic carbocycles. The molecule has 0 aromatic heterocycles. The second kappa shape index (κ2) is 3.67. The van der Waals surface area contributed by atoms with Crippen LogP contribution in [0.1, 0.15) is 0 Å². The molecule has 0 bridgehead atoms. The van der Waals surface area contributed by atoms with E-state index in [0.717, 1.165) is 0 Å². The lowest BCUT2D eigenvalue weighted by Crippen LogP contribution is -2.51. The maximum atomic E-state index is 12.0. The van der Waals surface area contributed by atoms with Crippen molar-refractivity contribution >= 4 is 0 Å². The Hall–Kier alpha value is -0.560. The molecule has 8 heteroatoms. The van der Waals surface area contributed by atoms with Crippen molar-refractivity contribution < 1.29 is 35.1 Å². The van der Waals surface area contributed by atoms with Crippen LogP contribution in [0, 0.1) is 0 Å². The fourth-order valence-corrected chi connectivity index (χ4v) is 0.449. The summed E-state index contributed by atoms with van der Waals surface area (Å²) in [6.45, 7) is -2.90. The molecule has 0 rings (SSSR count). The van der Waals surface area contributed by atoms with E-state index in [-0.39, 0.29) is 0 Å². The van der Waals surface area contributed by atoms with Gasteiger partial charge in [0.15, 0.2) is 6.67 Å². The Morgan fingerprint density at radius 2 is 1.31 bits per heavy atom. The van der Waals surface area contributed by atoms with Gasteiger partial charge in [-0.1, -0.05) is 0 Å². The van der Waals surface area contributed by atoms with Crippen LogP contribution in [0.5, 0.6) is 0 Å². The number of hydrogen-bond acceptors (Lipinski definition) is 0. The second-order valence-corrected chi connectivity index (χ2v) is 2.20. The first-order chi connectivity index (χ1) is 5.66. The molecule has 1 atom stereocenters. The molecule has 0 fully saturated rings. The smallest absolute Gasteiger partial charge is 0.244 e. The molecule has 0 heterocycles. The molecule has 0 aliphatic rings. The van der Waals surface area contributed by atoms with Gasteiger partial charge in [0.2, 0.25) is 6.17 Å². The van der Waals surface area contributed by atoms with Gasteiger partial charge in [-0.15, -0.1) is 0 Å². The average Bonchev–Trinajstić information content (AvgIpc) is 2.02. The molecule has 0 saturated carbocycles. The van der Waals surface area contributed by atoms with Gasteiger partial charge < -0.3 is 0 Å². The molecule has 0 aliphatic heterocycles. The Morgan fingerprint density at radius 1 is 0.923 bits per heavy atom. The molecule has 0 N–H and O–H groups in total. The Bertz CT molecular complexity index is 164. The number of hydrogen-bond donors (Lipinski definition) is 0. The highest BCUT2D eigenvalue weighted by atomic mass is 19.3. The van der Waals surface area contributed by atoms with Crippen LogP contribution in [-0.2, 0) is 0 Å². The zero-order valence-corrected chi connectivity index (χ0v) is 5.89. The van der Waals surface area contributed by atoms with Crippen molar-refractivity contribution in [3.8, 4) is 0 Å². The van der Waals surface area contributed by atoms with Crippen molar-refractivity contribution in [3.63, 3.8) is 0 Å². The van der Waals surface area contributed by atoms with Crippen LogP contribution in [0.3, 0.4) is 0 Å². The van der Waals surface area contributed by atoms with Crippen molar-refractivity contribution in [2.24, 2.45) is 0 Å². The molecule has 13 heavy (non-hydrogen) atoms. The number of halogens is 8. The maximum Gasteiger partial charge on any atom is 0.348 e. The van der Waals surface area contributed by atoms with Gasteiger partial charge in [0.1, 0.15) is 0 Å². The first-order valence-electron chi connectivity index (χ1n) is 2.90. The highest BCUT2D eigenvalue weighted by molar-refractivity contribution is 4.91. The molecule has 0 aromatic carbocycles. The van der Waals surface area contributed by atoms with Crippen molar-refractivity contribution in [2.45, 2.75) is 24.4 Å². The molecule has 0 amide bonds. The Balaban J connectivity index is 4.74. The summed E-state index contributed by atoms with van der Waals surface area (Å²) in [5, 5.41) is 0. The molecule has 0 nitrogen and oxygen atoms in total. The number of rotatable bonds is 4. The normalized spacial score (nSPS) is 16.4. The van der Waals surface area contributed by atoms with E-state index in [1.807, 2.05) is 0 Å². The van der Waals surface area contributed by atoms with Crippen LogP contribution in [0.15, 0.2) is 0 Å². The summed E-state index contributed by atoms with van der Waals surface area (Å²) >= 11 is 0. The topological polar surface area (TPSA) is 0 Å². The van der Waals surface area contributed by atoms with Gasteiger partial charge in [-0.2, -0.15) is 17.6 Å². The van der Waals surface area contributed by atoms with E-state index in [2.05, 4.69) is 0 Å². The number of alkyl halides is 8. The summed E-state index contributed by atoms with van der Waals surface area (Å²) in [4.78, 5) is 0. The lowest BCUT2D eigenvalue weighted by atomic mass is 10.1. The van der Waals surface area contributed by atoms with Crippen LogP contribution >= 0.6 is 0 Å². The van der Waals surface area contributed by atoms with Gasteiger partial charge in [-0.05, 0) is 0 Å². The summed E-state index contributed by atoms with van der Waals surface area (Å²) in [6, 6.07) is 0. The first-order valence-corrected chi connectivity index (χ1v) is 2.90. The zero-order chi connectivity index (χ0) is 10.9. The SMILES string of the molecule is FCC(F)(F)C(F)(F)C(F)C(F)F. The Kier molecular flexibility index (Phi) is 3.51. The van der Waals surface area contributed by atoms with E-state index < -0.39 is 31.1 Å². The van der Waals surface area contributed by atoms with Gasteiger partial charge in [0.05, 0.1) is 0 Å².